The van der Waals surface area contributed by atoms with Crippen molar-refractivity contribution in [1.82, 2.24) is 10.2 Å². The summed E-state index contributed by atoms with van der Waals surface area (Å²) in [6.45, 7) is 4.85. The van der Waals surface area contributed by atoms with Gasteiger partial charge >= 0.3 is 0 Å². The van der Waals surface area contributed by atoms with E-state index < -0.39 is 0 Å². The lowest BCUT2D eigenvalue weighted by Crippen LogP contribution is -2.25. The van der Waals surface area contributed by atoms with Crippen LogP contribution >= 0.6 is 15.9 Å². The average Bonchev–Trinajstić information content (AvgIpc) is 2.83. The summed E-state index contributed by atoms with van der Waals surface area (Å²) < 4.78 is 7.00. The second-order valence-corrected chi connectivity index (χ2v) is 6.12. The minimum absolute atomic E-state index is 0.767. The smallest absolute Gasteiger partial charge is 0.134 e. The Balaban J connectivity index is 1.98. The van der Waals surface area contributed by atoms with E-state index in [9.17, 15) is 0 Å². The molecule has 0 spiro atoms. The minimum Gasteiger partial charge on any atom is -0.460 e. The van der Waals surface area contributed by atoms with Crippen molar-refractivity contribution in [3.8, 4) is 11.3 Å². The molecule has 108 valence electrons. The van der Waals surface area contributed by atoms with E-state index in [0.717, 1.165) is 41.2 Å². The van der Waals surface area contributed by atoms with Gasteiger partial charge in [0.2, 0.25) is 0 Å². The quantitative estimate of drug-likeness (QED) is 0.816. The highest BCUT2D eigenvalue weighted by Gasteiger charge is 2.07. The van der Waals surface area contributed by atoms with E-state index in [2.05, 4.69) is 59.3 Å². The largest absolute Gasteiger partial charge is 0.460 e. The molecule has 0 aliphatic rings. The molecule has 3 nitrogen and oxygen atoms in total. The minimum atomic E-state index is 0.767. The molecule has 1 aromatic carbocycles. The van der Waals surface area contributed by atoms with Gasteiger partial charge in [-0.1, -0.05) is 15.9 Å². The van der Waals surface area contributed by atoms with E-state index in [4.69, 9.17) is 4.42 Å². The van der Waals surface area contributed by atoms with Crippen LogP contribution in [0.15, 0.2) is 39.2 Å². The number of hydrogen-bond donors (Lipinski definition) is 1. The first-order chi connectivity index (χ1) is 9.56. The fraction of sp³-hybridized carbons (Fsp3) is 0.375. The maximum absolute atomic E-state index is 5.91. The zero-order valence-corrected chi connectivity index (χ0v) is 13.8. The van der Waals surface area contributed by atoms with Gasteiger partial charge in [-0.15, -0.1) is 0 Å². The van der Waals surface area contributed by atoms with Gasteiger partial charge in [-0.2, -0.15) is 0 Å². The average molecular weight is 337 g/mol. The molecule has 20 heavy (non-hydrogen) atoms. The first kappa shape index (κ1) is 15.3. The number of rotatable bonds is 6. The first-order valence-electron chi connectivity index (χ1n) is 6.77. The zero-order chi connectivity index (χ0) is 14.5. The van der Waals surface area contributed by atoms with Crippen LogP contribution in [0.4, 0.5) is 0 Å². The molecule has 4 heteroatoms. The summed E-state index contributed by atoms with van der Waals surface area (Å²) in [6.07, 6.45) is 0. The molecule has 0 fully saturated rings. The Labute approximate surface area is 129 Å². The van der Waals surface area contributed by atoms with Gasteiger partial charge in [-0.05, 0) is 56.9 Å². The zero-order valence-electron chi connectivity index (χ0n) is 12.2. The molecule has 0 aliphatic carbocycles. The van der Waals surface area contributed by atoms with E-state index in [1.54, 1.807) is 0 Å². The molecule has 0 saturated heterocycles. The number of likely N-dealkylation sites (N-methyl/N-ethyl adjacent to an activating group) is 1. The molecule has 0 bridgehead atoms. The molecule has 0 aliphatic heterocycles. The third kappa shape index (κ3) is 4.20. The summed E-state index contributed by atoms with van der Waals surface area (Å²) in [5.74, 6) is 1.90. The molecule has 0 atom stereocenters. The van der Waals surface area contributed by atoms with Crippen molar-refractivity contribution in [2.45, 2.75) is 13.5 Å². The highest BCUT2D eigenvalue weighted by Crippen LogP contribution is 2.27. The summed E-state index contributed by atoms with van der Waals surface area (Å²) in [4.78, 5) is 2.16. The van der Waals surface area contributed by atoms with Crippen LogP contribution in [-0.4, -0.2) is 32.1 Å². The number of hydrogen-bond acceptors (Lipinski definition) is 3. The van der Waals surface area contributed by atoms with E-state index in [0.29, 0.717) is 0 Å². The van der Waals surface area contributed by atoms with Gasteiger partial charge in [-0.25, -0.2) is 0 Å². The maximum Gasteiger partial charge on any atom is 0.134 e. The van der Waals surface area contributed by atoms with Crippen LogP contribution in [0.3, 0.4) is 0 Å². The van der Waals surface area contributed by atoms with Crippen molar-refractivity contribution < 1.29 is 4.42 Å². The van der Waals surface area contributed by atoms with Crippen molar-refractivity contribution in [2.75, 3.05) is 27.2 Å². The summed E-state index contributed by atoms with van der Waals surface area (Å²) in [5.41, 5.74) is 2.36. The Kier molecular flexibility index (Phi) is 5.40. The van der Waals surface area contributed by atoms with Gasteiger partial charge in [0.1, 0.15) is 11.5 Å². The van der Waals surface area contributed by atoms with Crippen LogP contribution in [0.2, 0.25) is 0 Å². The molecule has 1 heterocycles. The van der Waals surface area contributed by atoms with Crippen molar-refractivity contribution in [3.05, 3.63) is 46.1 Å². The van der Waals surface area contributed by atoms with Crippen molar-refractivity contribution in [2.24, 2.45) is 0 Å². The number of nitrogens with zero attached hydrogens (tertiary/aromatic N) is 1. The lowest BCUT2D eigenvalue weighted by molar-refractivity contribution is 0.392. The molecule has 0 unspecified atom stereocenters. The van der Waals surface area contributed by atoms with Crippen LogP contribution in [0.25, 0.3) is 11.3 Å². The standard InChI is InChI=1S/C16H21BrN2O/c1-12-10-13(17)4-6-15(12)16-7-5-14(20-16)11-18-8-9-19(2)3/h4-7,10,18H,8-9,11H2,1-3H3. The molecule has 0 amide bonds. The highest BCUT2D eigenvalue weighted by molar-refractivity contribution is 9.10. The first-order valence-corrected chi connectivity index (χ1v) is 7.56. The predicted octanol–water partition coefficient (Wildman–Crippen LogP) is 3.67. The number of aryl methyl sites for hydroxylation is 1. The van der Waals surface area contributed by atoms with Gasteiger partial charge < -0.3 is 14.6 Å². The van der Waals surface area contributed by atoms with Gasteiger partial charge in [0.25, 0.3) is 0 Å². The monoisotopic (exact) mass is 336 g/mol. The van der Waals surface area contributed by atoms with Crippen LogP contribution in [-0.2, 0) is 6.54 Å². The Morgan fingerprint density at radius 3 is 2.70 bits per heavy atom. The second kappa shape index (κ2) is 7.07. The normalized spacial score (nSPS) is 11.2. The molecule has 0 saturated carbocycles. The van der Waals surface area contributed by atoms with Gasteiger partial charge in [0.05, 0.1) is 6.54 Å². The molecular weight excluding hydrogens is 316 g/mol. The van der Waals surface area contributed by atoms with Crippen LogP contribution in [0.5, 0.6) is 0 Å². The number of nitrogens with one attached hydrogen (secondary N) is 1. The molecular formula is C16H21BrN2O. The summed E-state index contributed by atoms with van der Waals surface area (Å²) in [6, 6.07) is 10.3. The Morgan fingerprint density at radius 1 is 1.20 bits per heavy atom. The molecule has 2 aromatic rings. The fourth-order valence-corrected chi connectivity index (χ4v) is 2.51. The topological polar surface area (TPSA) is 28.4 Å². The Morgan fingerprint density at radius 2 is 2.00 bits per heavy atom. The van der Waals surface area contributed by atoms with Crippen molar-refractivity contribution in [1.29, 1.82) is 0 Å². The molecule has 0 radical (unpaired) electrons. The maximum atomic E-state index is 5.91. The summed E-state index contributed by atoms with van der Waals surface area (Å²) in [7, 11) is 4.14. The predicted molar refractivity (Wildman–Crippen MR) is 86.8 cm³/mol. The van der Waals surface area contributed by atoms with Crippen LogP contribution in [0.1, 0.15) is 11.3 Å². The van der Waals surface area contributed by atoms with Crippen LogP contribution in [0, 0.1) is 6.92 Å². The Hall–Kier alpha value is -1.10. The molecule has 1 N–H and O–H groups in total. The SMILES string of the molecule is Cc1cc(Br)ccc1-c1ccc(CNCCN(C)C)o1. The Bertz CT molecular complexity index is 563. The lowest BCUT2D eigenvalue weighted by atomic mass is 10.1. The summed E-state index contributed by atoms with van der Waals surface area (Å²) >= 11 is 3.48. The highest BCUT2D eigenvalue weighted by atomic mass is 79.9. The molecule has 1 aromatic heterocycles. The third-order valence-corrected chi connectivity index (χ3v) is 3.64. The van der Waals surface area contributed by atoms with E-state index in [1.807, 2.05) is 18.2 Å². The summed E-state index contributed by atoms with van der Waals surface area (Å²) in [5, 5.41) is 3.38. The van der Waals surface area contributed by atoms with Crippen molar-refractivity contribution in [3.63, 3.8) is 0 Å². The van der Waals surface area contributed by atoms with Crippen molar-refractivity contribution >= 4 is 15.9 Å². The van der Waals surface area contributed by atoms with Crippen LogP contribution < -0.4 is 5.32 Å². The second-order valence-electron chi connectivity index (χ2n) is 5.21. The fourth-order valence-electron chi connectivity index (χ4n) is 2.04. The van der Waals surface area contributed by atoms with Gasteiger partial charge in [0.15, 0.2) is 0 Å². The number of furan rings is 1. The van der Waals surface area contributed by atoms with Gasteiger partial charge in [0, 0.05) is 23.1 Å². The lowest BCUT2D eigenvalue weighted by Gasteiger charge is -2.09. The molecule has 2 rings (SSSR count). The van der Waals surface area contributed by atoms with E-state index in [-0.39, 0.29) is 0 Å². The van der Waals surface area contributed by atoms with Gasteiger partial charge in [-0.3, -0.25) is 0 Å². The van der Waals surface area contributed by atoms with E-state index in [1.165, 1.54) is 5.56 Å². The van der Waals surface area contributed by atoms with E-state index >= 15 is 0 Å². The third-order valence-electron chi connectivity index (χ3n) is 3.15. The number of halogens is 1. The number of benzene rings is 1.